The van der Waals surface area contributed by atoms with Gasteiger partial charge < -0.3 is 15.2 Å². The van der Waals surface area contributed by atoms with Crippen molar-refractivity contribution in [3.05, 3.63) is 76.6 Å². The fraction of sp³-hybridized carbons (Fsp3) is 0.0588. The molecule has 9 heteroatoms. The third-order valence-electron chi connectivity index (χ3n) is 3.42. The number of benzene rings is 2. The number of ether oxygens (including phenoxy) is 1. The predicted octanol–water partition coefficient (Wildman–Crippen LogP) is 2.79. The van der Waals surface area contributed by atoms with Crippen LogP contribution in [0.5, 0.6) is 11.5 Å². The molecule has 0 aliphatic rings. The van der Waals surface area contributed by atoms with Crippen LogP contribution in [0, 0.1) is 10.1 Å². The summed E-state index contributed by atoms with van der Waals surface area (Å²) in [4.78, 5) is 22.2. The number of amides is 1. The highest BCUT2D eigenvalue weighted by Crippen LogP contribution is 2.28. The normalized spacial score (nSPS) is 10.3. The molecular weight excluding hydrogens is 340 g/mol. The van der Waals surface area contributed by atoms with Crippen molar-refractivity contribution in [2.45, 2.75) is 6.73 Å². The van der Waals surface area contributed by atoms with E-state index in [1.807, 2.05) is 18.2 Å². The van der Waals surface area contributed by atoms with Crippen LogP contribution in [0.2, 0.25) is 0 Å². The maximum Gasteiger partial charge on any atom is 0.276 e. The third kappa shape index (κ3) is 3.96. The van der Waals surface area contributed by atoms with Gasteiger partial charge in [0, 0.05) is 12.3 Å². The molecule has 0 saturated heterocycles. The first-order valence-electron chi connectivity index (χ1n) is 7.53. The highest BCUT2D eigenvalue weighted by Gasteiger charge is 2.15. The quantitative estimate of drug-likeness (QED) is 0.399. The molecule has 0 atom stereocenters. The van der Waals surface area contributed by atoms with Gasteiger partial charge in [0.1, 0.15) is 11.5 Å². The first-order valence-corrected chi connectivity index (χ1v) is 7.53. The number of nitro benzene ring substituents is 1. The van der Waals surface area contributed by atoms with Crippen molar-refractivity contribution in [1.82, 2.24) is 9.78 Å². The number of nitrogens with zero attached hydrogens (tertiary/aromatic N) is 3. The van der Waals surface area contributed by atoms with Gasteiger partial charge in [-0.15, -0.1) is 0 Å². The van der Waals surface area contributed by atoms with Crippen LogP contribution in [0.25, 0.3) is 0 Å². The van der Waals surface area contributed by atoms with Gasteiger partial charge in [-0.3, -0.25) is 14.9 Å². The summed E-state index contributed by atoms with van der Waals surface area (Å²) in [6, 6.07) is 14.0. The SMILES string of the molecule is O=C(Nc1ccc([N+](=O)[O-])cc1O)c1ccn(COc2ccccc2)n1. The zero-order valence-electron chi connectivity index (χ0n) is 13.4. The van der Waals surface area contributed by atoms with E-state index in [0.717, 1.165) is 6.07 Å². The lowest BCUT2D eigenvalue weighted by atomic mass is 10.2. The van der Waals surface area contributed by atoms with Crippen molar-refractivity contribution in [2.75, 3.05) is 5.32 Å². The Bertz CT molecular complexity index is 939. The molecule has 2 aromatic carbocycles. The van der Waals surface area contributed by atoms with Gasteiger partial charge in [-0.1, -0.05) is 18.2 Å². The Morgan fingerprint density at radius 2 is 2.00 bits per heavy atom. The number of anilines is 1. The van der Waals surface area contributed by atoms with Gasteiger partial charge in [-0.2, -0.15) is 5.10 Å². The minimum atomic E-state index is -0.639. The number of aromatic hydroxyl groups is 1. The molecule has 0 bridgehead atoms. The topological polar surface area (TPSA) is 120 Å². The smallest absolute Gasteiger partial charge is 0.276 e. The highest BCUT2D eigenvalue weighted by molar-refractivity contribution is 6.03. The number of phenolic OH excluding ortho intramolecular Hbond substituents is 1. The Morgan fingerprint density at radius 1 is 1.23 bits per heavy atom. The van der Waals surface area contributed by atoms with Crippen LogP contribution in [0.4, 0.5) is 11.4 Å². The van der Waals surface area contributed by atoms with Crippen molar-refractivity contribution in [2.24, 2.45) is 0 Å². The maximum absolute atomic E-state index is 12.2. The molecule has 0 aliphatic heterocycles. The van der Waals surface area contributed by atoms with Crippen LogP contribution < -0.4 is 10.1 Å². The standard InChI is InChI=1S/C17H14N4O5/c22-16-10-12(21(24)25)6-7-14(16)18-17(23)15-8-9-20(19-15)11-26-13-4-2-1-3-5-13/h1-10,22H,11H2,(H,18,23). The molecule has 26 heavy (non-hydrogen) atoms. The number of non-ortho nitro benzene ring substituents is 1. The summed E-state index contributed by atoms with van der Waals surface area (Å²) < 4.78 is 6.97. The van der Waals surface area contributed by atoms with Crippen LogP contribution in [0.15, 0.2) is 60.8 Å². The third-order valence-corrected chi connectivity index (χ3v) is 3.42. The van der Waals surface area contributed by atoms with E-state index < -0.39 is 16.6 Å². The molecule has 0 unspecified atom stereocenters. The average molecular weight is 354 g/mol. The van der Waals surface area contributed by atoms with Gasteiger partial charge in [-0.05, 0) is 24.3 Å². The first-order chi connectivity index (χ1) is 12.5. The van der Waals surface area contributed by atoms with Gasteiger partial charge >= 0.3 is 0 Å². The number of hydrogen-bond acceptors (Lipinski definition) is 6. The number of para-hydroxylation sites is 1. The van der Waals surface area contributed by atoms with Crippen LogP contribution in [-0.4, -0.2) is 25.7 Å². The lowest BCUT2D eigenvalue weighted by Gasteiger charge is -2.06. The van der Waals surface area contributed by atoms with Crippen LogP contribution in [0.1, 0.15) is 10.5 Å². The van der Waals surface area contributed by atoms with Gasteiger partial charge in [0.15, 0.2) is 12.4 Å². The first kappa shape index (κ1) is 17.0. The van der Waals surface area contributed by atoms with Gasteiger partial charge in [-0.25, -0.2) is 4.68 Å². The molecule has 3 rings (SSSR count). The zero-order valence-corrected chi connectivity index (χ0v) is 13.4. The number of aromatic nitrogens is 2. The summed E-state index contributed by atoms with van der Waals surface area (Å²) in [7, 11) is 0. The molecular formula is C17H14N4O5. The molecule has 0 aliphatic carbocycles. The molecule has 9 nitrogen and oxygen atoms in total. The van der Waals surface area contributed by atoms with E-state index in [-0.39, 0.29) is 23.8 Å². The van der Waals surface area contributed by atoms with E-state index in [2.05, 4.69) is 10.4 Å². The number of hydrogen-bond donors (Lipinski definition) is 2. The zero-order chi connectivity index (χ0) is 18.5. The Kier molecular flexibility index (Phi) is 4.79. The fourth-order valence-electron chi connectivity index (χ4n) is 2.14. The van der Waals surface area contributed by atoms with Crippen LogP contribution >= 0.6 is 0 Å². The number of nitrogens with one attached hydrogen (secondary N) is 1. The summed E-state index contributed by atoms with van der Waals surface area (Å²) in [6.45, 7) is 0.125. The minimum Gasteiger partial charge on any atom is -0.506 e. The van der Waals surface area contributed by atoms with E-state index in [4.69, 9.17) is 4.74 Å². The Labute approximate surface area is 147 Å². The van der Waals surface area contributed by atoms with Crippen molar-refractivity contribution < 1.29 is 19.6 Å². The van der Waals surface area contributed by atoms with Crippen LogP contribution in [-0.2, 0) is 6.73 Å². The largest absolute Gasteiger partial charge is 0.506 e. The number of carbonyl (C=O) groups is 1. The second-order valence-corrected chi connectivity index (χ2v) is 5.24. The molecule has 1 heterocycles. The fourth-order valence-corrected chi connectivity index (χ4v) is 2.14. The molecule has 132 valence electrons. The molecule has 0 spiro atoms. The summed E-state index contributed by atoms with van der Waals surface area (Å²) >= 11 is 0. The lowest BCUT2D eigenvalue weighted by Crippen LogP contribution is -2.14. The molecule has 0 saturated carbocycles. The van der Waals surface area contributed by atoms with E-state index in [9.17, 15) is 20.0 Å². The Balaban J connectivity index is 1.64. The lowest BCUT2D eigenvalue weighted by molar-refractivity contribution is -0.384. The number of nitro groups is 1. The van der Waals surface area contributed by atoms with E-state index >= 15 is 0 Å². The Hall–Kier alpha value is -3.88. The van der Waals surface area contributed by atoms with Crippen molar-refractivity contribution >= 4 is 17.3 Å². The number of phenols is 1. The van der Waals surface area contributed by atoms with Gasteiger partial charge in [0.05, 0.1) is 16.7 Å². The van der Waals surface area contributed by atoms with Crippen molar-refractivity contribution in [3.63, 3.8) is 0 Å². The second kappa shape index (κ2) is 7.34. The molecule has 0 fully saturated rings. The molecule has 1 amide bonds. The second-order valence-electron chi connectivity index (χ2n) is 5.24. The molecule has 0 radical (unpaired) electrons. The number of carbonyl (C=O) groups excluding carboxylic acids is 1. The monoisotopic (exact) mass is 354 g/mol. The minimum absolute atomic E-state index is 0.0516. The van der Waals surface area contributed by atoms with E-state index in [1.165, 1.54) is 22.9 Å². The molecule has 2 N–H and O–H groups in total. The molecule has 1 aromatic heterocycles. The van der Waals surface area contributed by atoms with Crippen LogP contribution in [0.3, 0.4) is 0 Å². The number of rotatable bonds is 6. The summed E-state index contributed by atoms with van der Waals surface area (Å²) in [5.41, 5.74) is -0.113. The predicted molar refractivity (Wildman–Crippen MR) is 92.0 cm³/mol. The van der Waals surface area contributed by atoms with Gasteiger partial charge in [0.2, 0.25) is 0 Å². The van der Waals surface area contributed by atoms with E-state index in [0.29, 0.717) is 5.75 Å². The summed E-state index contributed by atoms with van der Waals surface area (Å²) in [6.07, 6.45) is 1.58. The molecule has 3 aromatic rings. The Morgan fingerprint density at radius 3 is 2.69 bits per heavy atom. The van der Waals surface area contributed by atoms with Crippen molar-refractivity contribution in [3.8, 4) is 11.5 Å². The van der Waals surface area contributed by atoms with Gasteiger partial charge in [0.25, 0.3) is 11.6 Å². The summed E-state index contributed by atoms with van der Waals surface area (Å²) in [5, 5.41) is 27.0. The summed E-state index contributed by atoms with van der Waals surface area (Å²) in [5.74, 6) is -0.295. The highest BCUT2D eigenvalue weighted by atomic mass is 16.6. The maximum atomic E-state index is 12.2. The van der Waals surface area contributed by atoms with E-state index in [1.54, 1.807) is 18.3 Å². The van der Waals surface area contributed by atoms with Crippen molar-refractivity contribution in [1.29, 1.82) is 0 Å². The average Bonchev–Trinajstić information content (AvgIpc) is 3.11.